The van der Waals surface area contributed by atoms with Gasteiger partial charge >= 0.3 is 5.97 Å². The summed E-state index contributed by atoms with van der Waals surface area (Å²) in [7, 11) is 0. The van der Waals surface area contributed by atoms with Gasteiger partial charge in [-0.2, -0.15) is 0 Å². The fourth-order valence-electron chi connectivity index (χ4n) is 3.33. The number of primary amides is 1. The first-order valence-corrected chi connectivity index (χ1v) is 12.3. The van der Waals surface area contributed by atoms with Crippen molar-refractivity contribution in [1.29, 1.82) is 0 Å². The number of nitrogens with two attached hydrogens (primary N) is 5. The van der Waals surface area contributed by atoms with E-state index in [1.807, 2.05) is 6.92 Å². The maximum absolute atomic E-state index is 13.1. The van der Waals surface area contributed by atoms with Gasteiger partial charge in [0.15, 0.2) is 5.96 Å². The van der Waals surface area contributed by atoms with Crippen LogP contribution in [0.25, 0.3) is 0 Å². The van der Waals surface area contributed by atoms with Gasteiger partial charge in [-0.3, -0.25) is 24.2 Å². The maximum Gasteiger partial charge on any atom is 0.326 e. The van der Waals surface area contributed by atoms with Crippen molar-refractivity contribution in [2.24, 2.45) is 39.6 Å². The summed E-state index contributed by atoms with van der Waals surface area (Å²) in [6.45, 7) is 4.10. The molecule has 37 heavy (non-hydrogen) atoms. The van der Waals surface area contributed by atoms with Crippen molar-refractivity contribution in [3.63, 3.8) is 0 Å². The van der Waals surface area contributed by atoms with Crippen molar-refractivity contribution in [2.45, 2.75) is 83.0 Å². The minimum atomic E-state index is -1.25. The Bertz CT molecular complexity index is 804. The number of guanidine groups is 1. The fraction of sp³-hybridized carbons (Fsp3) is 0.727. The van der Waals surface area contributed by atoms with E-state index in [4.69, 9.17) is 28.7 Å². The number of aliphatic imine (C=N–C) groups is 1. The van der Waals surface area contributed by atoms with Crippen molar-refractivity contribution < 1.29 is 29.1 Å². The molecule has 0 heterocycles. The van der Waals surface area contributed by atoms with Gasteiger partial charge in [0, 0.05) is 6.54 Å². The number of nitrogens with zero attached hydrogens (tertiary/aromatic N) is 1. The van der Waals surface area contributed by atoms with Crippen LogP contribution in [0, 0.1) is 5.92 Å². The highest BCUT2D eigenvalue weighted by Crippen LogP contribution is 2.11. The van der Waals surface area contributed by atoms with Crippen LogP contribution in [-0.2, 0) is 24.0 Å². The third-order valence-corrected chi connectivity index (χ3v) is 5.69. The molecule has 0 saturated carbocycles. The van der Waals surface area contributed by atoms with Crippen molar-refractivity contribution >= 4 is 35.6 Å². The molecule has 0 aliphatic heterocycles. The lowest BCUT2D eigenvalue weighted by Gasteiger charge is -2.28. The van der Waals surface area contributed by atoms with Gasteiger partial charge in [-0.05, 0) is 44.6 Å². The second-order valence-electron chi connectivity index (χ2n) is 8.84. The van der Waals surface area contributed by atoms with Crippen LogP contribution in [0.15, 0.2) is 4.99 Å². The molecule has 0 aliphatic carbocycles. The summed E-state index contributed by atoms with van der Waals surface area (Å²) in [5, 5.41) is 17.1. The van der Waals surface area contributed by atoms with Crippen LogP contribution in [0.1, 0.15) is 58.8 Å². The van der Waals surface area contributed by atoms with E-state index < -0.39 is 60.2 Å². The molecule has 0 bridgehead atoms. The molecule has 15 heteroatoms. The molecule has 0 fully saturated rings. The highest BCUT2D eigenvalue weighted by molar-refractivity contribution is 5.95. The number of carbonyl (C=O) groups excluding carboxylic acids is 4. The molecule has 0 saturated heterocycles. The molecule has 0 aromatic heterocycles. The van der Waals surface area contributed by atoms with E-state index in [1.165, 1.54) is 0 Å². The molecule has 0 aliphatic rings. The van der Waals surface area contributed by atoms with Crippen LogP contribution in [0.3, 0.4) is 0 Å². The Kier molecular flexibility index (Phi) is 16.2. The van der Waals surface area contributed by atoms with Crippen LogP contribution in [0.2, 0.25) is 0 Å². The highest BCUT2D eigenvalue weighted by Gasteiger charge is 2.32. The summed E-state index contributed by atoms with van der Waals surface area (Å²) >= 11 is 0. The van der Waals surface area contributed by atoms with E-state index in [2.05, 4.69) is 20.9 Å². The Morgan fingerprint density at radius 3 is 1.97 bits per heavy atom. The number of rotatable bonds is 19. The molecule has 5 unspecified atom stereocenters. The summed E-state index contributed by atoms with van der Waals surface area (Å²) in [6.07, 6.45) is 1.74. The van der Waals surface area contributed by atoms with Crippen LogP contribution < -0.4 is 44.6 Å². The quantitative estimate of drug-likeness (QED) is 0.0463. The standard InChI is InChI=1S/C22H43N9O6/c1-3-12(2)17(20(35)30-15(21(36)37)8-6-10-28-22(26)27)31-19(34)14(7-4-5-9-23)29-18(33)13(24)11-16(25)32/h12-15,17H,3-11,23-24H2,1-2H3,(H2,25,32)(H,29,33)(H,30,35)(H,31,34)(H,36,37)(H4,26,27,28). The van der Waals surface area contributed by atoms with Gasteiger partial charge in [0.1, 0.15) is 18.1 Å². The predicted molar refractivity (Wildman–Crippen MR) is 137 cm³/mol. The molecule has 0 radical (unpaired) electrons. The summed E-state index contributed by atoms with van der Waals surface area (Å²) in [5.41, 5.74) is 26.8. The molecule has 5 atom stereocenters. The number of carboxylic acids is 1. The SMILES string of the molecule is CCC(C)C(NC(=O)C(CCCCN)NC(=O)C(N)CC(N)=O)C(=O)NC(CCCN=C(N)N)C(=O)O. The lowest BCUT2D eigenvalue weighted by molar-refractivity contribution is -0.143. The normalized spacial score (nSPS) is 14.8. The highest BCUT2D eigenvalue weighted by atomic mass is 16.4. The van der Waals surface area contributed by atoms with Crippen LogP contribution in [0.5, 0.6) is 0 Å². The molecule has 15 nitrogen and oxygen atoms in total. The number of hydrogen-bond acceptors (Lipinski definition) is 8. The number of amides is 4. The smallest absolute Gasteiger partial charge is 0.326 e. The lowest BCUT2D eigenvalue weighted by atomic mass is 9.96. The maximum atomic E-state index is 13.1. The van der Waals surface area contributed by atoms with Gasteiger partial charge in [0.25, 0.3) is 0 Å². The van der Waals surface area contributed by atoms with E-state index in [9.17, 15) is 29.1 Å². The summed E-state index contributed by atoms with van der Waals surface area (Å²) in [4.78, 5) is 65.1. The van der Waals surface area contributed by atoms with E-state index in [0.29, 0.717) is 32.2 Å². The van der Waals surface area contributed by atoms with Crippen molar-refractivity contribution in [3.8, 4) is 0 Å². The Labute approximate surface area is 216 Å². The van der Waals surface area contributed by atoms with E-state index >= 15 is 0 Å². The molecule has 0 rings (SSSR count). The number of carbonyl (C=O) groups is 5. The van der Waals surface area contributed by atoms with Gasteiger partial charge < -0.3 is 49.7 Å². The number of carboxylic acid groups (broad SMARTS) is 1. The fourth-order valence-corrected chi connectivity index (χ4v) is 3.33. The van der Waals surface area contributed by atoms with Gasteiger partial charge in [0.05, 0.1) is 12.5 Å². The number of hydrogen-bond donors (Lipinski definition) is 9. The monoisotopic (exact) mass is 529 g/mol. The van der Waals surface area contributed by atoms with Crippen molar-refractivity contribution in [2.75, 3.05) is 13.1 Å². The van der Waals surface area contributed by atoms with E-state index in [-0.39, 0.29) is 31.3 Å². The second-order valence-corrected chi connectivity index (χ2v) is 8.84. The second kappa shape index (κ2) is 17.9. The van der Waals surface area contributed by atoms with Gasteiger partial charge in [0.2, 0.25) is 23.6 Å². The van der Waals surface area contributed by atoms with Crippen LogP contribution >= 0.6 is 0 Å². The zero-order valence-electron chi connectivity index (χ0n) is 21.6. The first kappa shape index (κ1) is 33.5. The third kappa shape index (κ3) is 14.0. The van der Waals surface area contributed by atoms with Crippen LogP contribution in [-0.4, -0.2) is 77.9 Å². The largest absolute Gasteiger partial charge is 0.480 e. The topological polar surface area (TPSA) is 284 Å². The number of unbranched alkanes of at least 4 members (excludes halogenated alkanes) is 1. The summed E-state index contributed by atoms with van der Waals surface area (Å²) in [5.74, 6) is -4.60. The van der Waals surface area contributed by atoms with Crippen LogP contribution in [0.4, 0.5) is 0 Å². The van der Waals surface area contributed by atoms with Gasteiger partial charge in [-0.25, -0.2) is 4.79 Å². The Morgan fingerprint density at radius 2 is 1.46 bits per heavy atom. The molecular formula is C22H43N9O6. The Hall–Kier alpha value is -3.46. The number of aliphatic carboxylic acids is 1. The minimum absolute atomic E-state index is 0.0640. The number of nitrogens with one attached hydrogen (secondary N) is 3. The molecule has 14 N–H and O–H groups in total. The first-order valence-electron chi connectivity index (χ1n) is 12.3. The average Bonchev–Trinajstić information content (AvgIpc) is 2.82. The zero-order chi connectivity index (χ0) is 28.5. The minimum Gasteiger partial charge on any atom is -0.480 e. The average molecular weight is 530 g/mol. The zero-order valence-corrected chi connectivity index (χ0v) is 21.6. The van der Waals surface area contributed by atoms with E-state index in [0.717, 1.165) is 0 Å². The lowest BCUT2D eigenvalue weighted by Crippen LogP contribution is -2.58. The molecule has 212 valence electrons. The molecule has 4 amide bonds. The van der Waals surface area contributed by atoms with Gasteiger partial charge in [-0.1, -0.05) is 20.3 Å². The summed E-state index contributed by atoms with van der Waals surface area (Å²) in [6, 6.07) is -4.61. The van der Waals surface area contributed by atoms with E-state index in [1.54, 1.807) is 6.92 Å². The van der Waals surface area contributed by atoms with Gasteiger partial charge in [-0.15, -0.1) is 0 Å². The molecule has 0 aromatic rings. The molecule has 0 spiro atoms. The van der Waals surface area contributed by atoms with Crippen molar-refractivity contribution in [3.05, 3.63) is 0 Å². The Morgan fingerprint density at radius 1 is 0.865 bits per heavy atom. The third-order valence-electron chi connectivity index (χ3n) is 5.69. The first-order chi connectivity index (χ1) is 17.3. The Balaban J connectivity index is 5.54. The molecular weight excluding hydrogens is 486 g/mol. The summed E-state index contributed by atoms with van der Waals surface area (Å²) < 4.78 is 0. The molecule has 0 aromatic carbocycles. The predicted octanol–water partition coefficient (Wildman–Crippen LogP) is -3.04. The van der Waals surface area contributed by atoms with Crippen molar-refractivity contribution in [1.82, 2.24) is 16.0 Å².